The monoisotopic (exact) mass is 315 g/mol. The Morgan fingerprint density at radius 2 is 2.14 bits per heavy atom. The maximum atomic E-state index is 12.0. The number of aryl methyl sites for hydroxylation is 1. The zero-order chi connectivity index (χ0) is 14.5. The summed E-state index contributed by atoms with van der Waals surface area (Å²) in [6.07, 6.45) is 5.43. The number of carbonyl (C=O) groups is 1. The molecule has 0 spiro atoms. The molecule has 0 aliphatic carbocycles. The molecule has 0 saturated heterocycles. The normalized spacial score (nSPS) is 17.1. The van der Waals surface area contributed by atoms with Gasteiger partial charge < -0.3 is 15.6 Å². The van der Waals surface area contributed by atoms with Crippen LogP contribution in [0.3, 0.4) is 0 Å². The Morgan fingerprint density at radius 1 is 1.38 bits per heavy atom. The number of fused-ring (bicyclic) bond motifs is 1. The molecule has 1 aliphatic heterocycles. The molecule has 21 heavy (non-hydrogen) atoms. The molecule has 0 bridgehead atoms. The molecule has 3 N–H and O–H groups in total. The molecule has 7 heteroatoms. The van der Waals surface area contributed by atoms with Crippen molar-refractivity contribution in [2.45, 2.75) is 65.1 Å². The van der Waals surface area contributed by atoms with Crippen LogP contribution in [0.25, 0.3) is 0 Å². The third-order valence-electron chi connectivity index (χ3n) is 4.17. The van der Waals surface area contributed by atoms with Crippen LogP contribution in [-0.2, 0) is 24.3 Å². The molecule has 1 aromatic rings. The Bertz CT molecular complexity index is 462. The quantitative estimate of drug-likeness (QED) is 0.860. The summed E-state index contributed by atoms with van der Waals surface area (Å²) in [7, 11) is 0. The first kappa shape index (κ1) is 17.9. The van der Waals surface area contributed by atoms with Crippen LogP contribution in [0.2, 0.25) is 0 Å². The molecular weight excluding hydrogens is 290 g/mol. The summed E-state index contributed by atoms with van der Waals surface area (Å²) >= 11 is 0. The third kappa shape index (κ3) is 4.41. The molecule has 1 amide bonds. The van der Waals surface area contributed by atoms with Gasteiger partial charge in [-0.3, -0.25) is 4.79 Å². The van der Waals surface area contributed by atoms with Crippen molar-refractivity contribution in [2.24, 2.45) is 11.7 Å². The molecule has 2 rings (SSSR count). The number of amides is 1. The van der Waals surface area contributed by atoms with Gasteiger partial charge in [0, 0.05) is 13.0 Å². The van der Waals surface area contributed by atoms with Crippen molar-refractivity contribution in [3.63, 3.8) is 0 Å². The molecule has 2 atom stereocenters. The van der Waals surface area contributed by atoms with E-state index in [-0.39, 0.29) is 24.2 Å². The van der Waals surface area contributed by atoms with Crippen LogP contribution in [0.4, 0.5) is 0 Å². The van der Waals surface area contributed by atoms with Gasteiger partial charge in [0.1, 0.15) is 5.82 Å². The lowest BCUT2D eigenvalue weighted by atomic mass is 9.99. The van der Waals surface area contributed by atoms with E-state index >= 15 is 0 Å². The predicted octanol–water partition coefficient (Wildman–Crippen LogP) is 1.42. The largest absolute Gasteiger partial charge is 0.347 e. The number of halogens is 1. The fourth-order valence-electron chi connectivity index (χ4n) is 2.47. The molecule has 0 radical (unpaired) electrons. The van der Waals surface area contributed by atoms with Gasteiger partial charge in [0.2, 0.25) is 5.91 Å². The first-order valence-corrected chi connectivity index (χ1v) is 7.57. The van der Waals surface area contributed by atoms with Crippen molar-refractivity contribution in [2.75, 3.05) is 0 Å². The van der Waals surface area contributed by atoms with Crippen molar-refractivity contribution in [1.82, 2.24) is 20.1 Å². The van der Waals surface area contributed by atoms with Gasteiger partial charge in [-0.15, -0.1) is 22.6 Å². The Kier molecular flexibility index (Phi) is 7.11. The SMILES string of the molecule is CCC(C)C(N)C(=O)NCc1nnc2n1CCCCC2.Cl. The highest BCUT2D eigenvalue weighted by Gasteiger charge is 2.20. The fourth-order valence-corrected chi connectivity index (χ4v) is 2.47. The molecule has 0 aromatic carbocycles. The topological polar surface area (TPSA) is 85.8 Å². The Labute approximate surface area is 132 Å². The smallest absolute Gasteiger partial charge is 0.237 e. The van der Waals surface area contributed by atoms with E-state index in [1.807, 2.05) is 13.8 Å². The van der Waals surface area contributed by atoms with Gasteiger partial charge >= 0.3 is 0 Å². The average molecular weight is 316 g/mol. The number of nitrogens with two attached hydrogens (primary N) is 1. The van der Waals surface area contributed by atoms with Gasteiger partial charge in [0.15, 0.2) is 5.82 Å². The van der Waals surface area contributed by atoms with Crippen molar-refractivity contribution in [3.05, 3.63) is 11.6 Å². The minimum Gasteiger partial charge on any atom is -0.347 e. The zero-order valence-corrected chi connectivity index (χ0v) is 13.7. The highest BCUT2D eigenvalue weighted by atomic mass is 35.5. The maximum absolute atomic E-state index is 12.0. The number of hydrogen-bond acceptors (Lipinski definition) is 4. The second-order valence-electron chi connectivity index (χ2n) is 5.62. The van der Waals surface area contributed by atoms with Crippen molar-refractivity contribution >= 4 is 18.3 Å². The van der Waals surface area contributed by atoms with E-state index in [4.69, 9.17) is 5.73 Å². The van der Waals surface area contributed by atoms with Crippen LogP contribution in [0.5, 0.6) is 0 Å². The number of rotatable bonds is 5. The Balaban J connectivity index is 0.00000220. The molecule has 1 aliphatic rings. The summed E-state index contributed by atoms with van der Waals surface area (Å²) in [5.41, 5.74) is 5.92. The van der Waals surface area contributed by atoms with Crippen LogP contribution in [0, 0.1) is 5.92 Å². The first-order valence-electron chi connectivity index (χ1n) is 7.57. The zero-order valence-electron chi connectivity index (χ0n) is 12.8. The van der Waals surface area contributed by atoms with Gasteiger partial charge in [-0.2, -0.15) is 0 Å². The van der Waals surface area contributed by atoms with E-state index in [2.05, 4.69) is 20.1 Å². The van der Waals surface area contributed by atoms with E-state index in [1.165, 1.54) is 12.8 Å². The van der Waals surface area contributed by atoms with Gasteiger partial charge in [0.05, 0.1) is 12.6 Å². The molecule has 1 aromatic heterocycles. The standard InChI is InChI=1S/C14H25N5O.ClH/c1-3-10(2)13(15)14(20)16-9-12-18-17-11-7-5-4-6-8-19(11)12;/h10,13H,3-9,15H2,1-2H3,(H,16,20);1H. The molecule has 0 fully saturated rings. The van der Waals surface area contributed by atoms with Gasteiger partial charge in [0.25, 0.3) is 0 Å². The van der Waals surface area contributed by atoms with Crippen LogP contribution >= 0.6 is 12.4 Å². The van der Waals surface area contributed by atoms with Crippen LogP contribution < -0.4 is 11.1 Å². The highest BCUT2D eigenvalue weighted by Crippen LogP contribution is 2.14. The fraction of sp³-hybridized carbons (Fsp3) is 0.786. The number of aromatic nitrogens is 3. The van der Waals surface area contributed by atoms with Crippen molar-refractivity contribution < 1.29 is 4.79 Å². The van der Waals surface area contributed by atoms with Gasteiger partial charge in [-0.05, 0) is 18.8 Å². The maximum Gasteiger partial charge on any atom is 0.237 e. The van der Waals surface area contributed by atoms with Gasteiger partial charge in [-0.25, -0.2) is 0 Å². The molecule has 0 saturated carbocycles. The summed E-state index contributed by atoms with van der Waals surface area (Å²) in [5.74, 6) is 1.96. The van der Waals surface area contributed by atoms with E-state index in [9.17, 15) is 4.79 Å². The van der Waals surface area contributed by atoms with E-state index in [0.717, 1.165) is 37.5 Å². The predicted molar refractivity (Wildman–Crippen MR) is 84.1 cm³/mol. The summed E-state index contributed by atoms with van der Waals surface area (Å²) in [6.45, 7) is 5.39. The third-order valence-corrected chi connectivity index (χ3v) is 4.17. The minimum absolute atomic E-state index is 0. The van der Waals surface area contributed by atoms with E-state index < -0.39 is 6.04 Å². The second-order valence-corrected chi connectivity index (χ2v) is 5.62. The van der Waals surface area contributed by atoms with Gasteiger partial charge in [-0.1, -0.05) is 26.7 Å². The Hall–Kier alpha value is -1.14. The lowest BCUT2D eigenvalue weighted by Gasteiger charge is -2.17. The number of nitrogens with one attached hydrogen (secondary N) is 1. The molecule has 120 valence electrons. The first-order chi connectivity index (χ1) is 9.63. The molecule has 2 heterocycles. The van der Waals surface area contributed by atoms with E-state index in [0.29, 0.717) is 6.54 Å². The lowest BCUT2D eigenvalue weighted by molar-refractivity contribution is -0.123. The second kappa shape index (κ2) is 8.34. The van der Waals surface area contributed by atoms with Crippen LogP contribution in [0.1, 0.15) is 51.2 Å². The van der Waals surface area contributed by atoms with Crippen molar-refractivity contribution in [1.29, 1.82) is 0 Å². The molecule has 2 unspecified atom stereocenters. The Morgan fingerprint density at radius 3 is 2.86 bits per heavy atom. The number of nitrogens with zero attached hydrogens (tertiary/aromatic N) is 3. The average Bonchev–Trinajstić information content (AvgIpc) is 2.70. The minimum atomic E-state index is -0.452. The number of carbonyl (C=O) groups excluding carboxylic acids is 1. The number of hydrogen-bond donors (Lipinski definition) is 2. The molecule has 6 nitrogen and oxygen atoms in total. The summed E-state index contributed by atoms with van der Waals surface area (Å²) in [5, 5.41) is 11.3. The van der Waals surface area contributed by atoms with Crippen molar-refractivity contribution in [3.8, 4) is 0 Å². The summed E-state index contributed by atoms with van der Waals surface area (Å²) < 4.78 is 2.14. The lowest BCUT2D eigenvalue weighted by Crippen LogP contribution is -2.44. The summed E-state index contributed by atoms with van der Waals surface area (Å²) in [6, 6.07) is -0.452. The van der Waals surface area contributed by atoms with Crippen LogP contribution in [-0.4, -0.2) is 26.7 Å². The van der Waals surface area contributed by atoms with E-state index in [1.54, 1.807) is 0 Å². The van der Waals surface area contributed by atoms with Crippen LogP contribution in [0.15, 0.2) is 0 Å². The highest BCUT2D eigenvalue weighted by molar-refractivity contribution is 5.85. The molecular formula is C14H26ClN5O. The summed E-state index contributed by atoms with van der Waals surface area (Å²) in [4.78, 5) is 12.0.